The van der Waals surface area contributed by atoms with Crippen LogP contribution in [0.2, 0.25) is 0 Å². The van der Waals surface area contributed by atoms with Gasteiger partial charge >= 0.3 is 0 Å². The Kier molecular flexibility index (Phi) is 5.18. The van der Waals surface area contributed by atoms with Crippen molar-refractivity contribution in [2.45, 2.75) is 31.3 Å². The molecule has 0 aromatic rings. The summed E-state index contributed by atoms with van der Waals surface area (Å²) in [5, 5.41) is 0. The van der Waals surface area contributed by atoms with Crippen LogP contribution in [0.1, 0.15) is 12.8 Å². The van der Waals surface area contributed by atoms with Crippen molar-refractivity contribution in [3.8, 4) is 0 Å². The molecule has 2 unspecified atom stereocenters. The van der Waals surface area contributed by atoms with E-state index in [1.165, 1.54) is 0 Å². The molecule has 2 aliphatic rings. The van der Waals surface area contributed by atoms with Crippen molar-refractivity contribution in [3.63, 3.8) is 0 Å². The minimum Gasteiger partial charge on any atom is -0.377 e. The highest BCUT2D eigenvalue weighted by atomic mass is 16.7. The van der Waals surface area contributed by atoms with Gasteiger partial charge in [0.05, 0.1) is 25.4 Å². The van der Waals surface area contributed by atoms with E-state index in [-0.39, 0.29) is 18.5 Å². The van der Waals surface area contributed by atoms with Gasteiger partial charge in [0.1, 0.15) is 0 Å². The molecule has 2 aliphatic heterocycles. The second kappa shape index (κ2) is 6.66. The second-order valence-corrected chi connectivity index (χ2v) is 4.62. The summed E-state index contributed by atoms with van der Waals surface area (Å²) >= 11 is 0. The third-order valence-electron chi connectivity index (χ3n) is 3.47. The van der Waals surface area contributed by atoms with Crippen molar-refractivity contribution >= 4 is 0 Å². The van der Waals surface area contributed by atoms with Gasteiger partial charge in [-0.2, -0.15) is 0 Å². The lowest BCUT2D eigenvalue weighted by molar-refractivity contribution is -0.182. The van der Waals surface area contributed by atoms with Crippen molar-refractivity contribution in [3.05, 3.63) is 0 Å². The van der Waals surface area contributed by atoms with Crippen molar-refractivity contribution in [1.82, 2.24) is 4.90 Å². The Labute approximate surface area is 103 Å². The predicted molar refractivity (Wildman–Crippen MR) is 63.0 cm³/mol. The summed E-state index contributed by atoms with van der Waals surface area (Å²) in [7, 11) is 3.49. The van der Waals surface area contributed by atoms with Crippen LogP contribution in [-0.4, -0.2) is 70.5 Å². The molecule has 0 aromatic carbocycles. The molecule has 0 spiro atoms. The maximum Gasteiger partial charge on any atom is 0.158 e. The number of hydrogen-bond donors (Lipinski definition) is 0. The van der Waals surface area contributed by atoms with Crippen LogP contribution in [0.15, 0.2) is 0 Å². The van der Waals surface area contributed by atoms with E-state index in [1.807, 2.05) is 0 Å². The van der Waals surface area contributed by atoms with Crippen LogP contribution in [0, 0.1) is 0 Å². The molecule has 17 heavy (non-hydrogen) atoms. The summed E-state index contributed by atoms with van der Waals surface area (Å²) in [6.07, 6.45) is 2.29. The van der Waals surface area contributed by atoms with Gasteiger partial charge in [-0.15, -0.1) is 0 Å². The molecule has 2 heterocycles. The molecule has 5 nitrogen and oxygen atoms in total. The highest BCUT2D eigenvalue weighted by molar-refractivity contribution is 4.85. The molecule has 5 heteroatoms. The Bertz CT molecular complexity index is 209. The summed E-state index contributed by atoms with van der Waals surface area (Å²) in [6.45, 7) is 4.49. The Morgan fingerprint density at radius 2 is 1.65 bits per heavy atom. The molecule has 0 radical (unpaired) electrons. The number of likely N-dealkylation sites (tertiary alicyclic amines) is 1. The lowest BCUT2D eigenvalue weighted by atomic mass is 10.3. The molecule has 2 rings (SSSR count). The minimum absolute atomic E-state index is 0.0219. The SMILES string of the molecule is COC1CN(CCC2OCCCO2)CC1OC. The van der Waals surface area contributed by atoms with Crippen LogP contribution in [-0.2, 0) is 18.9 Å². The molecule has 0 aromatic heterocycles. The number of ether oxygens (including phenoxy) is 4. The molecule has 0 aliphatic carbocycles. The molecule has 0 bridgehead atoms. The summed E-state index contributed by atoms with van der Waals surface area (Å²) in [5.41, 5.74) is 0. The zero-order valence-electron chi connectivity index (χ0n) is 10.8. The van der Waals surface area contributed by atoms with Gasteiger partial charge in [0.2, 0.25) is 0 Å². The molecule has 0 saturated carbocycles. The summed E-state index contributed by atoms with van der Waals surface area (Å²) in [4.78, 5) is 2.35. The first-order valence-electron chi connectivity index (χ1n) is 6.34. The maximum atomic E-state index is 5.53. The molecule has 2 fully saturated rings. The number of methoxy groups -OCH3 is 2. The molecular formula is C12H23NO4. The maximum absolute atomic E-state index is 5.53. The summed E-state index contributed by atoms with van der Waals surface area (Å²) in [6, 6.07) is 0. The van der Waals surface area contributed by atoms with E-state index >= 15 is 0 Å². The third-order valence-corrected chi connectivity index (χ3v) is 3.47. The van der Waals surface area contributed by atoms with Crippen molar-refractivity contribution in [1.29, 1.82) is 0 Å². The predicted octanol–water partition coefficient (Wildman–Crippen LogP) is 0.485. The van der Waals surface area contributed by atoms with E-state index in [9.17, 15) is 0 Å². The lowest BCUT2D eigenvalue weighted by Crippen LogP contribution is -2.31. The fraction of sp³-hybridized carbons (Fsp3) is 1.00. The van der Waals surface area contributed by atoms with Gasteiger partial charge in [-0.1, -0.05) is 0 Å². The van der Waals surface area contributed by atoms with Crippen LogP contribution in [0.25, 0.3) is 0 Å². The van der Waals surface area contributed by atoms with Crippen molar-refractivity contribution in [2.24, 2.45) is 0 Å². The monoisotopic (exact) mass is 245 g/mol. The van der Waals surface area contributed by atoms with Gasteiger partial charge in [0, 0.05) is 40.3 Å². The molecule has 2 atom stereocenters. The fourth-order valence-electron chi connectivity index (χ4n) is 2.45. The summed E-state index contributed by atoms with van der Waals surface area (Å²) < 4.78 is 21.9. The van der Waals surface area contributed by atoms with E-state index in [0.29, 0.717) is 0 Å². The zero-order chi connectivity index (χ0) is 12.1. The molecule has 2 saturated heterocycles. The van der Waals surface area contributed by atoms with E-state index < -0.39 is 0 Å². The van der Waals surface area contributed by atoms with E-state index in [2.05, 4.69) is 4.90 Å². The molecule has 0 N–H and O–H groups in total. The normalized spacial score (nSPS) is 32.1. The summed E-state index contributed by atoms with van der Waals surface area (Å²) in [5.74, 6) is 0. The number of nitrogens with zero attached hydrogens (tertiary/aromatic N) is 1. The fourth-order valence-corrected chi connectivity index (χ4v) is 2.45. The van der Waals surface area contributed by atoms with Crippen LogP contribution >= 0.6 is 0 Å². The highest BCUT2D eigenvalue weighted by Gasteiger charge is 2.33. The van der Waals surface area contributed by atoms with Crippen LogP contribution in [0.5, 0.6) is 0 Å². The van der Waals surface area contributed by atoms with Gasteiger partial charge in [-0.05, 0) is 6.42 Å². The van der Waals surface area contributed by atoms with E-state index in [1.54, 1.807) is 14.2 Å². The van der Waals surface area contributed by atoms with E-state index in [4.69, 9.17) is 18.9 Å². The van der Waals surface area contributed by atoms with Gasteiger partial charge in [0.15, 0.2) is 6.29 Å². The minimum atomic E-state index is -0.0219. The highest BCUT2D eigenvalue weighted by Crippen LogP contribution is 2.17. The third kappa shape index (κ3) is 3.63. The quantitative estimate of drug-likeness (QED) is 0.705. The zero-order valence-corrected chi connectivity index (χ0v) is 10.8. The first-order valence-corrected chi connectivity index (χ1v) is 6.34. The number of rotatable bonds is 5. The first-order chi connectivity index (χ1) is 8.33. The van der Waals surface area contributed by atoms with Crippen molar-refractivity contribution in [2.75, 3.05) is 47.1 Å². The van der Waals surface area contributed by atoms with Gasteiger partial charge in [-0.25, -0.2) is 0 Å². The topological polar surface area (TPSA) is 40.2 Å². The standard InChI is InChI=1S/C12H23NO4/c1-14-10-8-13(9-11(10)15-2)5-4-12-16-6-3-7-17-12/h10-12H,3-9H2,1-2H3. The first kappa shape index (κ1) is 13.2. The molecule has 0 amide bonds. The average Bonchev–Trinajstić information content (AvgIpc) is 2.80. The Hall–Kier alpha value is -0.200. The second-order valence-electron chi connectivity index (χ2n) is 4.62. The van der Waals surface area contributed by atoms with Gasteiger partial charge in [-0.3, -0.25) is 4.90 Å². The van der Waals surface area contributed by atoms with E-state index in [0.717, 1.165) is 45.7 Å². The molecule has 100 valence electrons. The van der Waals surface area contributed by atoms with Crippen molar-refractivity contribution < 1.29 is 18.9 Å². The van der Waals surface area contributed by atoms with Crippen LogP contribution < -0.4 is 0 Å². The Morgan fingerprint density at radius 1 is 1.06 bits per heavy atom. The molecular weight excluding hydrogens is 222 g/mol. The lowest BCUT2D eigenvalue weighted by Gasteiger charge is -2.25. The van der Waals surface area contributed by atoms with Gasteiger partial charge in [0.25, 0.3) is 0 Å². The smallest absolute Gasteiger partial charge is 0.158 e. The largest absolute Gasteiger partial charge is 0.377 e. The number of hydrogen-bond acceptors (Lipinski definition) is 5. The Balaban J connectivity index is 1.69. The van der Waals surface area contributed by atoms with Crippen LogP contribution in [0.4, 0.5) is 0 Å². The Morgan fingerprint density at radius 3 is 2.18 bits per heavy atom. The van der Waals surface area contributed by atoms with Gasteiger partial charge < -0.3 is 18.9 Å². The average molecular weight is 245 g/mol. The van der Waals surface area contributed by atoms with Crippen LogP contribution in [0.3, 0.4) is 0 Å².